The van der Waals surface area contributed by atoms with Crippen molar-refractivity contribution in [3.63, 3.8) is 0 Å². The quantitative estimate of drug-likeness (QED) is 0.854. The van der Waals surface area contributed by atoms with Crippen molar-refractivity contribution in [2.75, 3.05) is 38.1 Å². The highest BCUT2D eigenvalue weighted by Crippen LogP contribution is 2.15. The number of hydrogen-bond donors (Lipinski definition) is 1. The van der Waals surface area contributed by atoms with Crippen LogP contribution >= 0.6 is 0 Å². The summed E-state index contributed by atoms with van der Waals surface area (Å²) in [5, 5.41) is 3.13. The molecule has 1 saturated heterocycles. The summed E-state index contributed by atoms with van der Waals surface area (Å²) in [5.41, 5.74) is 2.58. The maximum absolute atomic E-state index is 12.6. The Labute approximate surface area is 164 Å². The van der Waals surface area contributed by atoms with Crippen LogP contribution in [0.1, 0.15) is 29.8 Å². The molecule has 28 heavy (non-hydrogen) atoms. The van der Waals surface area contributed by atoms with Gasteiger partial charge in [0, 0.05) is 44.3 Å². The van der Waals surface area contributed by atoms with Gasteiger partial charge in [0.05, 0.1) is 12.2 Å². The Kier molecular flexibility index (Phi) is 6.41. The SMILES string of the molecule is CCOC(=O)N1CCN(C(=O)c2cnc(Nc3ccc(CC)cc3)nc2)CC1. The molecule has 8 heteroatoms. The van der Waals surface area contributed by atoms with Gasteiger partial charge in [-0.2, -0.15) is 0 Å². The first-order valence-electron chi connectivity index (χ1n) is 9.49. The highest BCUT2D eigenvalue weighted by molar-refractivity contribution is 5.93. The Balaban J connectivity index is 1.55. The molecule has 1 N–H and O–H groups in total. The summed E-state index contributed by atoms with van der Waals surface area (Å²) in [5.74, 6) is 0.301. The van der Waals surface area contributed by atoms with Crippen molar-refractivity contribution in [1.82, 2.24) is 19.8 Å². The molecule has 0 atom stereocenters. The largest absolute Gasteiger partial charge is 0.450 e. The molecule has 0 unspecified atom stereocenters. The minimum atomic E-state index is -0.333. The number of aromatic nitrogens is 2. The molecule has 8 nitrogen and oxygen atoms in total. The number of piperazine rings is 1. The number of anilines is 2. The zero-order valence-electron chi connectivity index (χ0n) is 16.2. The van der Waals surface area contributed by atoms with Crippen LogP contribution in [0.25, 0.3) is 0 Å². The molecule has 3 rings (SSSR count). The molecule has 148 valence electrons. The number of carbonyl (C=O) groups is 2. The first-order valence-corrected chi connectivity index (χ1v) is 9.49. The topological polar surface area (TPSA) is 87.7 Å². The third-order valence-corrected chi connectivity index (χ3v) is 4.61. The van der Waals surface area contributed by atoms with E-state index in [1.54, 1.807) is 16.7 Å². The Morgan fingerprint density at radius 2 is 1.61 bits per heavy atom. The fourth-order valence-corrected chi connectivity index (χ4v) is 2.95. The highest BCUT2D eigenvalue weighted by atomic mass is 16.6. The van der Waals surface area contributed by atoms with Gasteiger partial charge in [-0.05, 0) is 31.0 Å². The van der Waals surface area contributed by atoms with E-state index in [2.05, 4.69) is 34.3 Å². The van der Waals surface area contributed by atoms with Crippen LogP contribution in [0.2, 0.25) is 0 Å². The van der Waals surface area contributed by atoms with Crippen molar-refractivity contribution < 1.29 is 14.3 Å². The van der Waals surface area contributed by atoms with Crippen LogP contribution < -0.4 is 5.32 Å². The normalized spacial score (nSPS) is 13.9. The summed E-state index contributed by atoms with van der Waals surface area (Å²) in [4.78, 5) is 36.2. The lowest BCUT2D eigenvalue weighted by atomic mass is 10.1. The maximum Gasteiger partial charge on any atom is 0.409 e. The molecule has 0 bridgehead atoms. The Morgan fingerprint density at radius 1 is 1.00 bits per heavy atom. The van der Waals surface area contributed by atoms with Crippen molar-refractivity contribution in [3.8, 4) is 0 Å². The predicted molar refractivity (Wildman–Crippen MR) is 106 cm³/mol. The van der Waals surface area contributed by atoms with Gasteiger partial charge in [-0.3, -0.25) is 4.79 Å². The van der Waals surface area contributed by atoms with Crippen molar-refractivity contribution in [2.24, 2.45) is 0 Å². The fraction of sp³-hybridized carbons (Fsp3) is 0.400. The van der Waals surface area contributed by atoms with Crippen molar-refractivity contribution in [2.45, 2.75) is 20.3 Å². The monoisotopic (exact) mass is 383 g/mol. The molecular formula is C20H25N5O3. The number of nitrogens with one attached hydrogen (secondary N) is 1. The molecule has 2 heterocycles. The number of carbonyl (C=O) groups excluding carboxylic acids is 2. The third-order valence-electron chi connectivity index (χ3n) is 4.61. The maximum atomic E-state index is 12.6. The Bertz CT molecular complexity index is 800. The van der Waals surface area contributed by atoms with Crippen molar-refractivity contribution >= 4 is 23.6 Å². The summed E-state index contributed by atoms with van der Waals surface area (Å²) in [6, 6.07) is 8.06. The summed E-state index contributed by atoms with van der Waals surface area (Å²) in [6.45, 7) is 6.06. The average molecular weight is 383 g/mol. The minimum absolute atomic E-state index is 0.137. The van der Waals surface area contributed by atoms with Gasteiger partial charge in [-0.25, -0.2) is 14.8 Å². The van der Waals surface area contributed by atoms with Gasteiger partial charge >= 0.3 is 6.09 Å². The summed E-state index contributed by atoms with van der Waals surface area (Å²) < 4.78 is 4.99. The van der Waals surface area contributed by atoms with E-state index >= 15 is 0 Å². The number of benzene rings is 1. The van der Waals surface area contributed by atoms with Crippen LogP contribution in [-0.2, 0) is 11.2 Å². The minimum Gasteiger partial charge on any atom is -0.450 e. The zero-order chi connectivity index (χ0) is 19.9. The third kappa shape index (κ3) is 4.76. The number of amides is 2. The molecule has 2 amide bonds. The molecule has 1 fully saturated rings. The molecular weight excluding hydrogens is 358 g/mol. The standard InChI is InChI=1S/C20H25N5O3/c1-3-15-5-7-17(8-6-15)23-19-21-13-16(14-22-19)18(26)24-9-11-25(12-10-24)20(27)28-4-2/h5-8,13-14H,3-4,9-12H2,1-2H3,(H,21,22,23). The van der Waals surface area contributed by atoms with E-state index < -0.39 is 0 Å². The van der Waals surface area contributed by atoms with Gasteiger partial charge < -0.3 is 19.9 Å². The molecule has 0 saturated carbocycles. The molecule has 0 spiro atoms. The number of rotatable bonds is 5. The lowest BCUT2D eigenvalue weighted by Gasteiger charge is -2.33. The lowest BCUT2D eigenvalue weighted by Crippen LogP contribution is -2.50. The van der Waals surface area contributed by atoms with Gasteiger partial charge in [-0.1, -0.05) is 19.1 Å². The predicted octanol–water partition coefficient (Wildman–Crippen LogP) is 2.70. The fourth-order valence-electron chi connectivity index (χ4n) is 2.95. The molecule has 2 aromatic rings. The summed E-state index contributed by atoms with van der Waals surface area (Å²) in [6.07, 6.45) is 3.70. The van der Waals surface area contributed by atoms with Gasteiger partial charge in [-0.15, -0.1) is 0 Å². The molecule has 0 aliphatic carbocycles. The second kappa shape index (κ2) is 9.16. The van der Waals surface area contributed by atoms with Crippen LogP contribution in [0.4, 0.5) is 16.4 Å². The Morgan fingerprint density at radius 3 is 2.18 bits per heavy atom. The number of aryl methyl sites for hydroxylation is 1. The smallest absolute Gasteiger partial charge is 0.409 e. The molecule has 1 aliphatic heterocycles. The summed E-state index contributed by atoms with van der Waals surface area (Å²) in [7, 11) is 0. The van der Waals surface area contributed by atoms with E-state index in [-0.39, 0.29) is 12.0 Å². The van der Waals surface area contributed by atoms with Crippen molar-refractivity contribution in [3.05, 3.63) is 47.8 Å². The van der Waals surface area contributed by atoms with Crippen LogP contribution in [0.3, 0.4) is 0 Å². The number of ether oxygens (including phenoxy) is 1. The second-order valence-corrected chi connectivity index (χ2v) is 6.45. The van der Waals surface area contributed by atoms with E-state index in [1.807, 2.05) is 12.1 Å². The first kappa shape index (κ1) is 19.6. The highest BCUT2D eigenvalue weighted by Gasteiger charge is 2.25. The van der Waals surface area contributed by atoms with Gasteiger partial charge in [0.1, 0.15) is 0 Å². The van der Waals surface area contributed by atoms with E-state index in [0.717, 1.165) is 12.1 Å². The number of hydrogen-bond acceptors (Lipinski definition) is 6. The van der Waals surface area contributed by atoms with Gasteiger partial charge in [0.2, 0.25) is 5.95 Å². The van der Waals surface area contributed by atoms with E-state index in [0.29, 0.717) is 44.3 Å². The lowest BCUT2D eigenvalue weighted by molar-refractivity contribution is 0.0570. The van der Waals surface area contributed by atoms with Gasteiger partial charge in [0.25, 0.3) is 5.91 Å². The van der Waals surface area contributed by atoms with E-state index in [9.17, 15) is 9.59 Å². The van der Waals surface area contributed by atoms with Crippen molar-refractivity contribution in [1.29, 1.82) is 0 Å². The molecule has 1 aromatic carbocycles. The Hall–Kier alpha value is -3.16. The van der Waals surface area contributed by atoms with Crippen LogP contribution in [0.5, 0.6) is 0 Å². The molecule has 1 aliphatic rings. The average Bonchev–Trinajstić information content (AvgIpc) is 2.74. The van der Waals surface area contributed by atoms with Crippen LogP contribution in [0, 0.1) is 0 Å². The van der Waals surface area contributed by atoms with E-state index in [4.69, 9.17) is 4.74 Å². The first-order chi connectivity index (χ1) is 13.6. The summed E-state index contributed by atoms with van der Waals surface area (Å²) >= 11 is 0. The number of nitrogens with zero attached hydrogens (tertiary/aromatic N) is 4. The van der Waals surface area contributed by atoms with Crippen LogP contribution in [-0.4, -0.2) is 64.6 Å². The molecule has 0 radical (unpaired) electrons. The van der Waals surface area contributed by atoms with E-state index in [1.165, 1.54) is 18.0 Å². The second-order valence-electron chi connectivity index (χ2n) is 6.45. The van der Waals surface area contributed by atoms with Gasteiger partial charge in [0.15, 0.2) is 0 Å². The van der Waals surface area contributed by atoms with Crippen LogP contribution in [0.15, 0.2) is 36.7 Å². The zero-order valence-corrected chi connectivity index (χ0v) is 16.2. The molecule has 1 aromatic heterocycles.